The second-order valence-corrected chi connectivity index (χ2v) is 9.01. The van der Waals surface area contributed by atoms with Gasteiger partial charge in [-0.1, -0.05) is 20.3 Å². The Kier molecular flexibility index (Phi) is 14.9. The van der Waals surface area contributed by atoms with Gasteiger partial charge >= 0.3 is 5.97 Å². The van der Waals surface area contributed by atoms with Crippen LogP contribution in [-0.2, 0) is 19.2 Å². The lowest BCUT2D eigenvalue weighted by molar-refractivity contribution is -0.145. The molecule has 0 bridgehead atoms. The monoisotopic (exact) mass is 477 g/mol. The van der Waals surface area contributed by atoms with Gasteiger partial charge in [0.05, 0.1) is 12.1 Å². The van der Waals surface area contributed by atoms with Gasteiger partial charge in [0, 0.05) is 0 Å². The Bertz CT molecular complexity index is 619. The van der Waals surface area contributed by atoms with E-state index in [1.54, 1.807) is 13.8 Å². The van der Waals surface area contributed by atoms with Crippen molar-refractivity contribution in [1.29, 1.82) is 0 Å². The highest BCUT2D eigenvalue weighted by Crippen LogP contribution is 2.08. The van der Waals surface area contributed by atoms with Gasteiger partial charge < -0.3 is 37.6 Å². The zero-order valence-corrected chi connectivity index (χ0v) is 20.1. The molecule has 5 atom stereocenters. The molecule has 0 radical (unpaired) electrons. The van der Waals surface area contributed by atoms with Crippen molar-refractivity contribution in [3.8, 4) is 0 Å². The fourth-order valence-corrected chi connectivity index (χ4v) is 3.31. The maximum absolute atomic E-state index is 12.9. The van der Waals surface area contributed by atoms with E-state index in [-0.39, 0.29) is 12.3 Å². The first-order chi connectivity index (χ1) is 15.0. The second kappa shape index (κ2) is 15.8. The average molecular weight is 478 g/mol. The van der Waals surface area contributed by atoms with E-state index in [1.807, 2.05) is 6.26 Å². The number of carboxylic acid groups (broad SMARTS) is 1. The minimum absolute atomic E-state index is 0.238. The molecule has 11 nitrogen and oxygen atoms in total. The molecule has 0 aliphatic rings. The van der Waals surface area contributed by atoms with E-state index >= 15 is 0 Å². The molecular formula is C20H39N5O6S. The van der Waals surface area contributed by atoms with Crippen LogP contribution in [0.3, 0.4) is 0 Å². The molecule has 0 aliphatic carbocycles. The summed E-state index contributed by atoms with van der Waals surface area (Å²) in [4.78, 5) is 49.2. The molecule has 3 amide bonds. The van der Waals surface area contributed by atoms with Crippen LogP contribution in [0.25, 0.3) is 0 Å². The molecule has 0 aromatic carbocycles. The standard InChI is InChI=1S/C20H39N5O6S/c1-11(2)15(24-17(27)13(22)7-5-6-9-21)19(29)23-14(8-10-32-4)18(28)25-16(12(3)26)20(30)31/h11-16,26H,5-10,21-22H2,1-4H3,(H,23,29)(H,24,27)(H,25,28)(H,30,31). The predicted molar refractivity (Wildman–Crippen MR) is 124 cm³/mol. The van der Waals surface area contributed by atoms with Crippen molar-refractivity contribution in [3.63, 3.8) is 0 Å². The minimum atomic E-state index is -1.51. The summed E-state index contributed by atoms with van der Waals surface area (Å²) in [5.41, 5.74) is 11.3. The highest BCUT2D eigenvalue weighted by atomic mass is 32.2. The molecule has 0 spiro atoms. The van der Waals surface area contributed by atoms with Crippen LogP contribution in [0, 0.1) is 5.92 Å². The summed E-state index contributed by atoms with van der Waals surface area (Å²) in [6.45, 7) is 5.24. The molecule has 0 aliphatic heterocycles. The van der Waals surface area contributed by atoms with Gasteiger partial charge in [-0.05, 0) is 50.7 Å². The molecule has 32 heavy (non-hydrogen) atoms. The van der Waals surface area contributed by atoms with Gasteiger partial charge in [-0.15, -0.1) is 0 Å². The lowest BCUT2D eigenvalue weighted by atomic mass is 10.0. The third-order valence-electron chi connectivity index (χ3n) is 4.84. The number of thioether (sulfide) groups is 1. The topological polar surface area (TPSA) is 197 Å². The molecular weight excluding hydrogens is 438 g/mol. The molecule has 0 aromatic rings. The number of hydrogen-bond acceptors (Lipinski definition) is 8. The first-order valence-electron chi connectivity index (χ1n) is 10.7. The average Bonchev–Trinajstić information content (AvgIpc) is 2.71. The number of aliphatic hydroxyl groups excluding tert-OH is 1. The van der Waals surface area contributed by atoms with Crippen molar-refractivity contribution in [1.82, 2.24) is 16.0 Å². The number of nitrogens with two attached hydrogens (primary N) is 2. The van der Waals surface area contributed by atoms with Gasteiger partial charge in [0.2, 0.25) is 17.7 Å². The number of carbonyl (C=O) groups excluding carboxylic acids is 3. The van der Waals surface area contributed by atoms with Crippen molar-refractivity contribution in [2.24, 2.45) is 17.4 Å². The van der Waals surface area contributed by atoms with Crippen LogP contribution in [0.4, 0.5) is 0 Å². The third-order valence-corrected chi connectivity index (χ3v) is 5.49. The van der Waals surface area contributed by atoms with E-state index in [1.165, 1.54) is 18.7 Å². The smallest absolute Gasteiger partial charge is 0.328 e. The number of aliphatic hydroxyl groups is 1. The van der Waals surface area contributed by atoms with Crippen molar-refractivity contribution in [2.75, 3.05) is 18.6 Å². The van der Waals surface area contributed by atoms with Crippen LogP contribution in [0.1, 0.15) is 46.5 Å². The van der Waals surface area contributed by atoms with Gasteiger partial charge in [0.1, 0.15) is 12.1 Å². The molecule has 0 fully saturated rings. The fourth-order valence-electron chi connectivity index (χ4n) is 2.84. The largest absolute Gasteiger partial charge is 0.480 e. The Morgan fingerprint density at radius 2 is 1.50 bits per heavy atom. The summed E-state index contributed by atoms with van der Waals surface area (Å²) in [6.07, 6.45) is 2.61. The second-order valence-electron chi connectivity index (χ2n) is 8.03. The fraction of sp³-hybridized carbons (Fsp3) is 0.800. The van der Waals surface area contributed by atoms with Crippen LogP contribution in [0.15, 0.2) is 0 Å². The van der Waals surface area contributed by atoms with Crippen molar-refractivity contribution in [2.45, 2.75) is 76.7 Å². The van der Waals surface area contributed by atoms with Crippen molar-refractivity contribution < 1.29 is 29.4 Å². The van der Waals surface area contributed by atoms with Gasteiger partial charge in [-0.3, -0.25) is 14.4 Å². The summed E-state index contributed by atoms with van der Waals surface area (Å²) in [5, 5.41) is 26.3. The Hall–Kier alpha value is -1.89. The van der Waals surface area contributed by atoms with Crippen LogP contribution in [-0.4, -0.2) is 82.7 Å². The lowest BCUT2D eigenvalue weighted by Gasteiger charge is -2.27. The zero-order valence-electron chi connectivity index (χ0n) is 19.3. The van der Waals surface area contributed by atoms with Gasteiger partial charge in [0.25, 0.3) is 0 Å². The Morgan fingerprint density at radius 1 is 0.906 bits per heavy atom. The number of carbonyl (C=O) groups is 4. The first-order valence-corrected chi connectivity index (χ1v) is 12.1. The SMILES string of the molecule is CSCCC(NC(=O)C(NC(=O)C(N)CCCCN)C(C)C)C(=O)NC(C(=O)O)C(C)O. The molecule has 0 saturated heterocycles. The van der Waals surface area contributed by atoms with Crippen molar-refractivity contribution in [3.05, 3.63) is 0 Å². The van der Waals surface area contributed by atoms with Crippen molar-refractivity contribution >= 4 is 35.5 Å². The molecule has 0 rings (SSSR count). The maximum Gasteiger partial charge on any atom is 0.328 e. The summed E-state index contributed by atoms with van der Waals surface area (Å²) >= 11 is 1.45. The molecule has 0 aromatic heterocycles. The normalized spacial score (nSPS) is 15.9. The summed E-state index contributed by atoms with van der Waals surface area (Å²) in [6, 6.07) is -4.26. The van der Waals surface area contributed by atoms with E-state index in [0.29, 0.717) is 25.1 Å². The number of nitrogens with one attached hydrogen (secondary N) is 3. The highest BCUT2D eigenvalue weighted by Gasteiger charge is 2.32. The molecule has 186 valence electrons. The number of aliphatic carboxylic acids is 1. The number of rotatable bonds is 16. The van der Waals surface area contributed by atoms with Crippen LogP contribution in [0.5, 0.6) is 0 Å². The van der Waals surface area contributed by atoms with Gasteiger partial charge in [-0.25, -0.2) is 4.79 Å². The Morgan fingerprint density at radius 3 is 1.97 bits per heavy atom. The number of unbranched alkanes of at least 4 members (excludes halogenated alkanes) is 1. The summed E-state index contributed by atoms with van der Waals surface area (Å²) in [5.74, 6) is -2.93. The molecule has 0 heterocycles. The quantitative estimate of drug-likeness (QED) is 0.133. The molecule has 12 heteroatoms. The Balaban J connectivity index is 5.28. The number of carboxylic acids is 1. The molecule has 9 N–H and O–H groups in total. The van der Waals surface area contributed by atoms with Crippen LogP contribution in [0.2, 0.25) is 0 Å². The first kappa shape index (κ1) is 30.1. The number of hydrogen-bond donors (Lipinski definition) is 7. The van der Waals surface area contributed by atoms with Gasteiger partial charge in [-0.2, -0.15) is 11.8 Å². The molecule has 0 saturated carbocycles. The maximum atomic E-state index is 12.9. The van der Waals surface area contributed by atoms with Crippen LogP contribution < -0.4 is 27.4 Å². The van der Waals surface area contributed by atoms with E-state index < -0.39 is 54.0 Å². The van der Waals surface area contributed by atoms with E-state index in [9.17, 15) is 29.4 Å². The predicted octanol–water partition coefficient (Wildman–Crippen LogP) is -1.23. The lowest BCUT2D eigenvalue weighted by Crippen LogP contribution is -2.59. The zero-order chi connectivity index (χ0) is 24.8. The molecule has 5 unspecified atom stereocenters. The Labute approximate surface area is 193 Å². The highest BCUT2D eigenvalue weighted by molar-refractivity contribution is 7.98. The van der Waals surface area contributed by atoms with E-state index in [4.69, 9.17) is 11.5 Å². The van der Waals surface area contributed by atoms with E-state index in [0.717, 1.165) is 6.42 Å². The van der Waals surface area contributed by atoms with Crippen LogP contribution >= 0.6 is 11.8 Å². The summed E-state index contributed by atoms with van der Waals surface area (Å²) < 4.78 is 0. The van der Waals surface area contributed by atoms with E-state index in [2.05, 4.69) is 16.0 Å². The summed E-state index contributed by atoms with van der Waals surface area (Å²) in [7, 11) is 0. The number of amides is 3. The minimum Gasteiger partial charge on any atom is -0.480 e. The van der Waals surface area contributed by atoms with Gasteiger partial charge in [0.15, 0.2) is 6.04 Å². The third kappa shape index (κ3) is 11.1.